The minimum absolute atomic E-state index is 0.0410. The third-order valence-corrected chi connectivity index (χ3v) is 6.71. The molecule has 3 aromatic carbocycles. The molecular formula is C30H30N4O5. The van der Waals surface area contributed by atoms with E-state index in [9.17, 15) is 0 Å². The first kappa shape index (κ1) is 26.1. The minimum atomic E-state index is 0.0410. The van der Waals surface area contributed by atoms with E-state index in [4.69, 9.17) is 24.2 Å². The third kappa shape index (κ3) is 6.30. The van der Waals surface area contributed by atoms with Gasteiger partial charge in [-0.25, -0.2) is 4.63 Å². The molecule has 1 aliphatic rings. The fourth-order valence-electron chi connectivity index (χ4n) is 4.64. The van der Waals surface area contributed by atoms with Gasteiger partial charge in [-0.2, -0.15) is 5.26 Å². The van der Waals surface area contributed by atoms with Crippen molar-refractivity contribution in [3.05, 3.63) is 83.0 Å². The van der Waals surface area contributed by atoms with Gasteiger partial charge in [-0.3, -0.25) is 4.90 Å². The summed E-state index contributed by atoms with van der Waals surface area (Å²) in [5.41, 5.74) is 6.25. The monoisotopic (exact) mass is 526 g/mol. The van der Waals surface area contributed by atoms with Gasteiger partial charge in [0.15, 0.2) is 11.5 Å². The van der Waals surface area contributed by atoms with Crippen molar-refractivity contribution in [3.8, 4) is 40.3 Å². The lowest BCUT2D eigenvalue weighted by molar-refractivity contribution is 0.225. The number of nitriles is 1. The molecule has 1 aromatic heterocycles. The zero-order valence-electron chi connectivity index (χ0n) is 22.1. The molecule has 0 saturated carbocycles. The number of fused-ring (bicyclic) bond motifs is 1. The molecular weight excluding hydrogens is 496 g/mol. The summed E-state index contributed by atoms with van der Waals surface area (Å²) in [5.74, 6) is 2.47. The summed E-state index contributed by atoms with van der Waals surface area (Å²) >= 11 is 0. The predicted molar refractivity (Wildman–Crippen MR) is 144 cm³/mol. The fourth-order valence-corrected chi connectivity index (χ4v) is 4.64. The van der Waals surface area contributed by atoms with Gasteiger partial charge >= 0.3 is 0 Å². The van der Waals surface area contributed by atoms with Crippen molar-refractivity contribution < 1.29 is 23.6 Å². The van der Waals surface area contributed by atoms with Crippen LogP contribution in [0.4, 0.5) is 0 Å². The van der Waals surface area contributed by atoms with E-state index in [2.05, 4.69) is 68.4 Å². The lowest BCUT2D eigenvalue weighted by Gasteiger charge is -2.29. The van der Waals surface area contributed by atoms with Gasteiger partial charge in [0.25, 0.3) is 5.88 Å². The number of methoxy groups -OCH3 is 2. The van der Waals surface area contributed by atoms with E-state index >= 15 is 0 Å². The van der Waals surface area contributed by atoms with Crippen molar-refractivity contribution >= 4 is 0 Å². The normalized spacial score (nSPS) is 12.8. The highest BCUT2D eigenvalue weighted by Crippen LogP contribution is 2.33. The van der Waals surface area contributed by atoms with Crippen LogP contribution in [0.5, 0.6) is 23.1 Å². The molecule has 0 saturated heterocycles. The summed E-state index contributed by atoms with van der Waals surface area (Å²) in [5, 5.41) is 15.9. The summed E-state index contributed by atoms with van der Waals surface area (Å²) in [6.45, 7) is 3.62. The molecule has 0 radical (unpaired) electrons. The van der Waals surface area contributed by atoms with E-state index in [1.54, 1.807) is 14.2 Å². The molecule has 5 rings (SSSR count). The first-order chi connectivity index (χ1) is 19.2. The van der Waals surface area contributed by atoms with Crippen molar-refractivity contribution in [3.63, 3.8) is 0 Å². The summed E-state index contributed by atoms with van der Waals surface area (Å²) in [7, 11) is 3.36. The number of ether oxygens (including phenoxy) is 4. The van der Waals surface area contributed by atoms with E-state index in [-0.39, 0.29) is 11.6 Å². The lowest BCUT2D eigenvalue weighted by Crippen LogP contribution is -2.30. The number of benzene rings is 3. The standard InChI is InChI=1S/C30H30N4O5/c1-35-28-16-24-12-13-34(20-25(24)17-29(28)36-2)19-21-4-6-22(7-5-21)23-8-10-26(11-9-23)37-14-3-15-38-30-27(18-31)32-39-33-30/h4-11,16-17H,3,12-15,19-20H2,1-2H3. The van der Waals surface area contributed by atoms with E-state index in [0.717, 1.165) is 54.4 Å². The van der Waals surface area contributed by atoms with Crippen LogP contribution in [-0.4, -0.2) is 49.2 Å². The Hall–Kier alpha value is -4.55. The molecule has 9 nitrogen and oxygen atoms in total. The van der Waals surface area contributed by atoms with Crippen LogP contribution in [0.1, 0.15) is 28.8 Å². The lowest BCUT2D eigenvalue weighted by atomic mass is 9.98. The van der Waals surface area contributed by atoms with Crippen molar-refractivity contribution in [2.45, 2.75) is 25.9 Å². The molecule has 2 heterocycles. The highest BCUT2D eigenvalue weighted by molar-refractivity contribution is 5.64. The number of hydrogen-bond donors (Lipinski definition) is 0. The van der Waals surface area contributed by atoms with Crippen LogP contribution >= 0.6 is 0 Å². The Balaban J connectivity index is 1.10. The van der Waals surface area contributed by atoms with Crippen molar-refractivity contribution in [2.75, 3.05) is 34.0 Å². The Labute approximate surface area is 227 Å². The molecule has 0 spiro atoms. The average Bonchev–Trinajstić information content (AvgIpc) is 3.44. The molecule has 0 bridgehead atoms. The second kappa shape index (κ2) is 12.3. The molecule has 0 amide bonds. The van der Waals surface area contributed by atoms with E-state index in [1.807, 2.05) is 18.2 Å². The molecule has 0 atom stereocenters. The second-order valence-electron chi connectivity index (χ2n) is 9.24. The fraction of sp³-hybridized carbons (Fsp3) is 0.300. The zero-order valence-corrected chi connectivity index (χ0v) is 22.1. The summed E-state index contributed by atoms with van der Waals surface area (Å²) in [6.07, 6.45) is 1.63. The minimum Gasteiger partial charge on any atom is -0.493 e. The van der Waals surface area contributed by atoms with Crippen molar-refractivity contribution in [1.29, 1.82) is 5.26 Å². The molecule has 39 heavy (non-hydrogen) atoms. The maximum Gasteiger partial charge on any atom is 0.294 e. The van der Waals surface area contributed by atoms with Gasteiger partial charge in [-0.1, -0.05) is 36.4 Å². The number of nitrogens with zero attached hydrogens (tertiary/aromatic N) is 4. The van der Waals surface area contributed by atoms with Crippen LogP contribution in [0.3, 0.4) is 0 Å². The van der Waals surface area contributed by atoms with Crippen LogP contribution in [0.15, 0.2) is 65.3 Å². The second-order valence-corrected chi connectivity index (χ2v) is 9.24. The van der Waals surface area contributed by atoms with E-state index < -0.39 is 0 Å². The smallest absolute Gasteiger partial charge is 0.294 e. The maximum absolute atomic E-state index is 8.88. The molecule has 0 N–H and O–H groups in total. The van der Waals surface area contributed by atoms with Gasteiger partial charge in [0.05, 0.1) is 27.4 Å². The average molecular weight is 527 g/mol. The quantitative estimate of drug-likeness (QED) is 0.249. The molecule has 0 unspecified atom stereocenters. The predicted octanol–water partition coefficient (Wildman–Crippen LogP) is 5.03. The van der Waals surface area contributed by atoms with Crippen molar-refractivity contribution in [1.82, 2.24) is 15.2 Å². The summed E-state index contributed by atoms with van der Waals surface area (Å²) < 4.78 is 26.6. The highest BCUT2D eigenvalue weighted by atomic mass is 16.6. The molecule has 1 aliphatic heterocycles. The van der Waals surface area contributed by atoms with Crippen LogP contribution in [0.25, 0.3) is 11.1 Å². The first-order valence-electron chi connectivity index (χ1n) is 12.8. The van der Waals surface area contributed by atoms with Crippen LogP contribution in [-0.2, 0) is 19.5 Å². The Morgan fingerprint density at radius 1 is 0.872 bits per heavy atom. The Bertz CT molecular complexity index is 1430. The molecule has 0 aliphatic carbocycles. The van der Waals surface area contributed by atoms with Gasteiger partial charge in [-0.05, 0) is 68.8 Å². The van der Waals surface area contributed by atoms with Gasteiger partial charge in [0.2, 0.25) is 5.69 Å². The molecule has 0 fully saturated rings. The van der Waals surface area contributed by atoms with Gasteiger partial charge < -0.3 is 18.9 Å². The summed E-state index contributed by atoms with van der Waals surface area (Å²) in [4.78, 5) is 2.46. The first-order valence-corrected chi connectivity index (χ1v) is 12.8. The van der Waals surface area contributed by atoms with Crippen LogP contribution < -0.4 is 18.9 Å². The van der Waals surface area contributed by atoms with Crippen molar-refractivity contribution in [2.24, 2.45) is 0 Å². The van der Waals surface area contributed by atoms with Gasteiger partial charge in [0, 0.05) is 26.1 Å². The van der Waals surface area contributed by atoms with Crippen LogP contribution in [0, 0.1) is 11.3 Å². The molecule has 200 valence electrons. The zero-order chi connectivity index (χ0) is 27.0. The SMILES string of the molecule is COc1cc2c(cc1OC)CN(Cc1ccc(-c3ccc(OCCCOc4nonc4C#N)cc3)cc1)CC2. The molecule has 4 aromatic rings. The largest absolute Gasteiger partial charge is 0.493 e. The Morgan fingerprint density at radius 2 is 1.54 bits per heavy atom. The maximum atomic E-state index is 8.88. The number of rotatable bonds is 11. The number of hydrogen-bond acceptors (Lipinski definition) is 9. The van der Waals surface area contributed by atoms with Crippen LogP contribution in [0.2, 0.25) is 0 Å². The molecule has 9 heteroatoms. The number of aromatic nitrogens is 2. The van der Waals surface area contributed by atoms with E-state index in [0.29, 0.717) is 19.6 Å². The topological polar surface area (TPSA) is 103 Å². The highest BCUT2D eigenvalue weighted by Gasteiger charge is 2.19. The Morgan fingerprint density at radius 3 is 2.23 bits per heavy atom. The van der Waals surface area contributed by atoms with Gasteiger partial charge in [-0.15, -0.1) is 0 Å². The van der Waals surface area contributed by atoms with E-state index in [1.165, 1.54) is 16.7 Å². The Kier molecular flexibility index (Phi) is 8.24. The van der Waals surface area contributed by atoms with Gasteiger partial charge in [0.1, 0.15) is 11.8 Å². The summed E-state index contributed by atoms with van der Waals surface area (Å²) in [6, 6.07) is 22.9. The third-order valence-electron chi connectivity index (χ3n) is 6.71.